The van der Waals surface area contributed by atoms with Gasteiger partial charge in [-0.05, 0) is 76.2 Å². The fourth-order valence-electron chi connectivity index (χ4n) is 2.87. The summed E-state index contributed by atoms with van der Waals surface area (Å²) in [6.45, 7) is 0. The highest BCUT2D eigenvalue weighted by Gasteiger charge is 2.30. The van der Waals surface area contributed by atoms with E-state index in [9.17, 15) is 14.7 Å². The topological polar surface area (TPSA) is 83.1 Å². The van der Waals surface area contributed by atoms with E-state index in [2.05, 4.69) is 20.9 Å². The highest BCUT2D eigenvalue weighted by molar-refractivity contribution is 9.10. The molecule has 1 aromatic heterocycles. The molecule has 1 saturated heterocycles. The molecular formula is C22H13BrCl2N2O4S. The minimum absolute atomic E-state index is 0.0162. The normalized spacial score (nSPS) is 16.4. The van der Waals surface area contributed by atoms with Crippen LogP contribution < -0.4 is 0 Å². The predicted molar refractivity (Wildman–Crippen MR) is 131 cm³/mol. The molecule has 162 valence electrons. The Morgan fingerprint density at radius 3 is 2.66 bits per heavy atom. The average molecular weight is 552 g/mol. The van der Waals surface area contributed by atoms with E-state index in [1.54, 1.807) is 49.5 Å². The molecule has 0 spiro atoms. The van der Waals surface area contributed by atoms with E-state index in [0.29, 0.717) is 37.9 Å². The van der Waals surface area contributed by atoms with E-state index in [0.717, 1.165) is 4.47 Å². The summed E-state index contributed by atoms with van der Waals surface area (Å²) < 4.78 is 6.57. The fourth-order valence-corrected chi connectivity index (χ4v) is 4.46. The fraction of sp³-hybridized carbons (Fsp3) is 0.0455. The number of aliphatic imine (C=N–C) groups is 1. The third kappa shape index (κ3) is 4.63. The zero-order valence-corrected chi connectivity index (χ0v) is 20.2. The van der Waals surface area contributed by atoms with E-state index >= 15 is 0 Å². The van der Waals surface area contributed by atoms with Gasteiger partial charge < -0.3 is 9.52 Å². The van der Waals surface area contributed by atoms with Crippen molar-refractivity contribution in [3.05, 3.63) is 79.3 Å². The number of carbonyl (C=O) groups is 2. The molecule has 0 bridgehead atoms. The number of thioether (sulfide) groups is 1. The lowest BCUT2D eigenvalue weighted by molar-refractivity contribution is -0.121. The molecule has 6 nitrogen and oxygen atoms in total. The van der Waals surface area contributed by atoms with E-state index in [1.165, 1.54) is 28.8 Å². The monoisotopic (exact) mass is 550 g/mol. The summed E-state index contributed by atoms with van der Waals surface area (Å²) in [4.78, 5) is 30.4. The van der Waals surface area contributed by atoms with Crippen molar-refractivity contribution >= 4 is 79.7 Å². The van der Waals surface area contributed by atoms with Gasteiger partial charge in [0.15, 0.2) is 5.17 Å². The second kappa shape index (κ2) is 9.15. The minimum Gasteiger partial charge on any atom is -0.478 e. The molecule has 2 heterocycles. The summed E-state index contributed by atoms with van der Waals surface area (Å²) >= 11 is 16.6. The van der Waals surface area contributed by atoms with Crippen LogP contribution in [-0.4, -0.2) is 34.1 Å². The second-order valence-electron chi connectivity index (χ2n) is 6.67. The van der Waals surface area contributed by atoms with Crippen molar-refractivity contribution in [2.75, 3.05) is 7.05 Å². The molecule has 1 N–H and O–H groups in total. The Morgan fingerprint density at radius 1 is 1.16 bits per heavy atom. The Labute approximate surface area is 205 Å². The van der Waals surface area contributed by atoms with Crippen molar-refractivity contribution in [1.82, 2.24) is 4.90 Å². The highest BCUT2D eigenvalue weighted by atomic mass is 79.9. The van der Waals surface area contributed by atoms with Gasteiger partial charge >= 0.3 is 5.97 Å². The predicted octanol–water partition coefficient (Wildman–Crippen LogP) is 6.95. The number of likely N-dealkylation sites (N-methyl/N-ethyl adjacent to an activating group) is 1. The third-order valence-corrected chi connectivity index (χ3v) is 7.14. The molecule has 0 unspecified atom stereocenters. The van der Waals surface area contributed by atoms with Crippen LogP contribution in [0.4, 0.5) is 5.69 Å². The summed E-state index contributed by atoms with van der Waals surface area (Å²) in [5.41, 5.74) is 1.17. The van der Waals surface area contributed by atoms with E-state index in [1.807, 2.05) is 0 Å². The number of aromatic carboxylic acids is 1. The highest BCUT2D eigenvalue weighted by Crippen LogP contribution is 2.35. The first kappa shape index (κ1) is 22.7. The van der Waals surface area contributed by atoms with Crippen LogP contribution in [0.1, 0.15) is 16.1 Å². The molecule has 1 amide bonds. The Balaban J connectivity index is 1.60. The van der Waals surface area contributed by atoms with Crippen LogP contribution in [0.25, 0.3) is 17.4 Å². The molecule has 1 fully saturated rings. The van der Waals surface area contributed by atoms with Crippen LogP contribution in [0.3, 0.4) is 0 Å². The van der Waals surface area contributed by atoms with Gasteiger partial charge in [-0.1, -0.05) is 23.2 Å². The number of carboxylic acid groups (broad SMARTS) is 1. The number of rotatable bonds is 4. The Morgan fingerprint density at radius 2 is 1.94 bits per heavy atom. The Hall–Kier alpha value is -2.52. The first-order valence-corrected chi connectivity index (χ1v) is 11.4. The zero-order valence-electron chi connectivity index (χ0n) is 16.3. The molecule has 2 aromatic carbocycles. The molecular weight excluding hydrogens is 539 g/mol. The number of carboxylic acids is 1. The zero-order chi connectivity index (χ0) is 23.0. The minimum atomic E-state index is -1.12. The van der Waals surface area contributed by atoms with Crippen molar-refractivity contribution in [2.24, 2.45) is 4.99 Å². The number of halogens is 3. The summed E-state index contributed by atoms with van der Waals surface area (Å²) in [5, 5.41) is 10.4. The molecule has 10 heteroatoms. The number of hydrogen-bond donors (Lipinski definition) is 1. The molecule has 32 heavy (non-hydrogen) atoms. The lowest BCUT2D eigenvalue weighted by atomic mass is 10.1. The van der Waals surface area contributed by atoms with Gasteiger partial charge in [0.2, 0.25) is 0 Å². The molecule has 0 aliphatic carbocycles. The maximum absolute atomic E-state index is 12.7. The van der Waals surface area contributed by atoms with Crippen molar-refractivity contribution in [2.45, 2.75) is 0 Å². The number of benzene rings is 2. The van der Waals surface area contributed by atoms with Gasteiger partial charge in [0.05, 0.1) is 26.2 Å². The van der Waals surface area contributed by atoms with E-state index in [-0.39, 0.29) is 16.5 Å². The van der Waals surface area contributed by atoms with Gasteiger partial charge in [-0.3, -0.25) is 9.69 Å². The lowest BCUT2D eigenvalue weighted by Gasteiger charge is -2.07. The van der Waals surface area contributed by atoms with Gasteiger partial charge in [-0.15, -0.1) is 0 Å². The smallest absolute Gasteiger partial charge is 0.337 e. The summed E-state index contributed by atoms with van der Waals surface area (Å²) in [7, 11) is 1.64. The first-order valence-electron chi connectivity index (χ1n) is 9.07. The summed E-state index contributed by atoms with van der Waals surface area (Å²) in [5.74, 6) is -0.433. The van der Waals surface area contributed by atoms with Gasteiger partial charge in [0.1, 0.15) is 11.5 Å². The second-order valence-corrected chi connectivity index (χ2v) is 9.35. The molecule has 0 saturated carbocycles. The third-order valence-electron chi connectivity index (χ3n) is 4.51. The van der Waals surface area contributed by atoms with Crippen molar-refractivity contribution in [1.29, 1.82) is 0 Å². The Kier molecular flexibility index (Phi) is 6.48. The maximum Gasteiger partial charge on any atom is 0.337 e. The van der Waals surface area contributed by atoms with Gasteiger partial charge in [-0.25, -0.2) is 9.79 Å². The van der Waals surface area contributed by atoms with Crippen molar-refractivity contribution < 1.29 is 19.1 Å². The van der Waals surface area contributed by atoms with E-state index in [4.69, 9.17) is 27.6 Å². The average Bonchev–Trinajstić information content (AvgIpc) is 3.32. The van der Waals surface area contributed by atoms with Crippen LogP contribution in [0.5, 0.6) is 0 Å². The lowest BCUT2D eigenvalue weighted by Crippen LogP contribution is -2.23. The summed E-state index contributed by atoms with van der Waals surface area (Å²) in [6.07, 6.45) is 1.62. The summed E-state index contributed by atoms with van der Waals surface area (Å²) in [6, 6.07) is 13.3. The quantitative estimate of drug-likeness (QED) is 0.355. The SMILES string of the molecule is CN1C(=O)/C(=C\c2ccc(-c3ccc(Cl)c(C(=O)O)c3)o2)SC1=Nc1ccc(Br)c(Cl)c1. The van der Waals surface area contributed by atoms with Crippen molar-refractivity contribution in [3.8, 4) is 11.3 Å². The van der Waals surface area contributed by atoms with Crippen LogP contribution >= 0.6 is 50.9 Å². The standard InChI is InChI=1S/C22H13BrCl2N2O4S/c1-27-20(28)19(32-22(27)26-12-3-5-15(23)17(25)9-12)10-13-4-7-18(31-13)11-2-6-16(24)14(8-11)21(29)30/h2-10H,1H3,(H,29,30)/b19-10+,26-22?. The Bertz CT molecular complexity index is 1320. The number of nitrogens with zero attached hydrogens (tertiary/aromatic N) is 2. The van der Waals surface area contributed by atoms with Crippen molar-refractivity contribution in [3.63, 3.8) is 0 Å². The number of carbonyl (C=O) groups excluding carboxylic acids is 1. The number of furan rings is 1. The van der Waals surface area contributed by atoms with E-state index < -0.39 is 5.97 Å². The number of hydrogen-bond acceptors (Lipinski definition) is 5. The maximum atomic E-state index is 12.7. The molecule has 3 aromatic rings. The molecule has 1 aliphatic rings. The van der Waals surface area contributed by atoms with Gasteiger partial charge in [-0.2, -0.15) is 0 Å². The molecule has 1 aliphatic heterocycles. The molecule has 0 radical (unpaired) electrons. The first-order chi connectivity index (χ1) is 15.2. The van der Waals surface area contributed by atoms with Crippen LogP contribution in [-0.2, 0) is 4.79 Å². The number of amides is 1. The number of amidine groups is 1. The molecule has 0 atom stereocenters. The largest absolute Gasteiger partial charge is 0.478 e. The van der Waals surface area contributed by atoms with Gasteiger partial charge in [0, 0.05) is 23.2 Å². The van der Waals surface area contributed by atoms with Crippen LogP contribution in [0.15, 0.2) is 67.3 Å². The van der Waals surface area contributed by atoms with Crippen LogP contribution in [0, 0.1) is 0 Å². The van der Waals surface area contributed by atoms with Gasteiger partial charge in [0.25, 0.3) is 5.91 Å². The molecule has 4 rings (SSSR count). The van der Waals surface area contributed by atoms with Crippen LogP contribution in [0.2, 0.25) is 10.0 Å².